The summed E-state index contributed by atoms with van der Waals surface area (Å²) in [6, 6.07) is 11.9. The van der Waals surface area contributed by atoms with Gasteiger partial charge in [-0.2, -0.15) is 0 Å². The van der Waals surface area contributed by atoms with E-state index in [0.29, 0.717) is 11.4 Å². The SMILES string of the molecule is C[C@H](NC(=O)Nc1ccc(=O)n(C)c1)c1cc2ccccc2o1. The summed E-state index contributed by atoms with van der Waals surface area (Å²) in [7, 11) is 1.63. The van der Waals surface area contributed by atoms with E-state index in [-0.39, 0.29) is 17.6 Å². The van der Waals surface area contributed by atoms with Crippen LogP contribution in [0.15, 0.2) is 57.9 Å². The van der Waals surface area contributed by atoms with Crippen molar-refractivity contribution >= 4 is 22.7 Å². The third kappa shape index (κ3) is 3.26. The van der Waals surface area contributed by atoms with E-state index in [1.807, 2.05) is 37.3 Å². The van der Waals surface area contributed by atoms with Crippen molar-refractivity contribution in [3.05, 3.63) is 64.8 Å². The van der Waals surface area contributed by atoms with Crippen molar-refractivity contribution in [1.82, 2.24) is 9.88 Å². The molecule has 2 aromatic heterocycles. The van der Waals surface area contributed by atoms with E-state index >= 15 is 0 Å². The van der Waals surface area contributed by atoms with Crippen molar-refractivity contribution < 1.29 is 9.21 Å². The molecular weight excluding hydrogens is 294 g/mol. The Labute approximate surface area is 132 Å². The second-order valence-electron chi connectivity index (χ2n) is 5.37. The second kappa shape index (κ2) is 6.00. The number of rotatable bonds is 3. The number of para-hydroxylation sites is 1. The summed E-state index contributed by atoms with van der Waals surface area (Å²) in [5.41, 5.74) is 1.20. The van der Waals surface area contributed by atoms with Gasteiger partial charge in [0, 0.05) is 24.7 Å². The van der Waals surface area contributed by atoms with Crippen LogP contribution in [-0.4, -0.2) is 10.6 Å². The fraction of sp³-hybridized carbons (Fsp3) is 0.176. The number of nitrogens with one attached hydrogen (secondary N) is 2. The van der Waals surface area contributed by atoms with Gasteiger partial charge in [0.25, 0.3) is 0 Å². The van der Waals surface area contributed by atoms with Crippen LogP contribution in [0.25, 0.3) is 11.0 Å². The number of benzene rings is 1. The van der Waals surface area contributed by atoms with E-state index < -0.39 is 0 Å². The molecule has 1 aromatic carbocycles. The summed E-state index contributed by atoms with van der Waals surface area (Å²) >= 11 is 0. The molecule has 0 fully saturated rings. The molecule has 0 unspecified atom stereocenters. The maximum Gasteiger partial charge on any atom is 0.319 e. The van der Waals surface area contributed by atoms with Gasteiger partial charge in [0.2, 0.25) is 5.56 Å². The van der Waals surface area contributed by atoms with Crippen LogP contribution in [0.3, 0.4) is 0 Å². The predicted octanol–water partition coefficient (Wildman–Crippen LogP) is 3.01. The average Bonchev–Trinajstić information content (AvgIpc) is 2.95. The van der Waals surface area contributed by atoms with Gasteiger partial charge in [-0.1, -0.05) is 18.2 Å². The highest BCUT2D eigenvalue weighted by atomic mass is 16.3. The smallest absolute Gasteiger partial charge is 0.319 e. The van der Waals surface area contributed by atoms with Gasteiger partial charge in [-0.3, -0.25) is 4.79 Å². The number of nitrogens with zero attached hydrogens (tertiary/aromatic N) is 1. The number of carbonyl (C=O) groups is 1. The highest BCUT2D eigenvalue weighted by molar-refractivity contribution is 5.89. The monoisotopic (exact) mass is 311 g/mol. The van der Waals surface area contributed by atoms with Crippen LogP contribution in [0.4, 0.5) is 10.5 Å². The Morgan fingerprint density at radius 3 is 2.74 bits per heavy atom. The molecule has 6 nitrogen and oxygen atoms in total. The topological polar surface area (TPSA) is 76.3 Å². The first-order valence-corrected chi connectivity index (χ1v) is 7.25. The Bertz CT molecular complexity index is 878. The zero-order valence-electron chi connectivity index (χ0n) is 12.9. The van der Waals surface area contributed by atoms with E-state index in [2.05, 4.69) is 10.6 Å². The molecule has 2 amide bonds. The van der Waals surface area contributed by atoms with Crippen LogP contribution in [0, 0.1) is 0 Å². The van der Waals surface area contributed by atoms with E-state index in [9.17, 15) is 9.59 Å². The highest BCUT2D eigenvalue weighted by Crippen LogP contribution is 2.23. The number of pyridine rings is 1. The Kier molecular flexibility index (Phi) is 3.89. The van der Waals surface area contributed by atoms with Crippen molar-refractivity contribution in [3.63, 3.8) is 0 Å². The van der Waals surface area contributed by atoms with Crippen molar-refractivity contribution in [1.29, 1.82) is 0 Å². The Hall–Kier alpha value is -3.02. The molecule has 0 aliphatic carbocycles. The van der Waals surface area contributed by atoms with E-state index in [4.69, 9.17) is 4.42 Å². The van der Waals surface area contributed by atoms with Crippen LogP contribution in [-0.2, 0) is 7.05 Å². The number of hydrogen-bond donors (Lipinski definition) is 2. The van der Waals surface area contributed by atoms with Crippen molar-refractivity contribution in [2.45, 2.75) is 13.0 Å². The van der Waals surface area contributed by atoms with E-state index in [0.717, 1.165) is 11.0 Å². The number of fused-ring (bicyclic) bond motifs is 1. The number of aromatic nitrogens is 1. The van der Waals surface area contributed by atoms with Gasteiger partial charge in [0.15, 0.2) is 0 Å². The summed E-state index contributed by atoms with van der Waals surface area (Å²) in [4.78, 5) is 23.4. The molecule has 0 aliphatic rings. The quantitative estimate of drug-likeness (QED) is 0.780. The number of hydrogen-bond acceptors (Lipinski definition) is 3. The third-order valence-electron chi connectivity index (χ3n) is 3.56. The maximum atomic E-state index is 12.1. The molecule has 6 heteroatoms. The summed E-state index contributed by atoms with van der Waals surface area (Å²) in [6.07, 6.45) is 1.56. The van der Waals surface area contributed by atoms with Gasteiger partial charge >= 0.3 is 6.03 Å². The first-order valence-electron chi connectivity index (χ1n) is 7.25. The molecule has 1 atom stereocenters. The van der Waals surface area contributed by atoms with Crippen molar-refractivity contribution in [3.8, 4) is 0 Å². The third-order valence-corrected chi connectivity index (χ3v) is 3.56. The lowest BCUT2D eigenvalue weighted by Crippen LogP contribution is -2.31. The number of urea groups is 1. The minimum Gasteiger partial charge on any atom is -0.459 e. The number of amides is 2. The van der Waals surface area contributed by atoms with Crippen LogP contribution in [0.1, 0.15) is 18.7 Å². The Balaban J connectivity index is 1.69. The molecule has 118 valence electrons. The van der Waals surface area contributed by atoms with Crippen molar-refractivity contribution in [2.24, 2.45) is 7.05 Å². The Morgan fingerprint density at radius 1 is 1.22 bits per heavy atom. The standard InChI is InChI=1S/C17H17N3O3/c1-11(15-9-12-5-3-4-6-14(12)23-15)18-17(22)19-13-7-8-16(21)20(2)10-13/h3-11H,1-2H3,(H2,18,19,22)/t11-/m0/s1. The summed E-state index contributed by atoms with van der Waals surface area (Å²) in [6.45, 7) is 1.85. The summed E-state index contributed by atoms with van der Waals surface area (Å²) in [5.74, 6) is 0.682. The fourth-order valence-electron chi connectivity index (χ4n) is 2.32. The van der Waals surface area contributed by atoms with Crippen LogP contribution >= 0.6 is 0 Å². The van der Waals surface area contributed by atoms with Gasteiger partial charge in [-0.25, -0.2) is 4.79 Å². The number of furan rings is 1. The predicted molar refractivity (Wildman–Crippen MR) is 88.5 cm³/mol. The van der Waals surface area contributed by atoms with Gasteiger partial charge in [0.1, 0.15) is 11.3 Å². The van der Waals surface area contributed by atoms with Gasteiger partial charge < -0.3 is 19.6 Å². The number of aryl methyl sites for hydroxylation is 1. The first-order chi connectivity index (χ1) is 11.0. The molecule has 0 aliphatic heterocycles. The van der Waals surface area contributed by atoms with Gasteiger partial charge in [0.05, 0.1) is 11.7 Å². The highest BCUT2D eigenvalue weighted by Gasteiger charge is 2.14. The number of carbonyl (C=O) groups excluding carboxylic acids is 1. The zero-order valence-corrected chi connectivity index (χ0v) is 12.9. The summed E-state index contributed by atoms with van der Waals surface area (Å²) < 4.78 is 7.13. The minimum atomic E-state index is -0.364. The lowest BCUT2D eigenvalue weighted by Gasteiger charge is -2.12. The fourth-order valence-corrected chi connectivity index (χ4v) is 2.32. The summed E-state index contributed by atoms with van der Waals surface area (Å²) in [5, 5.41) is 6.50. The molecule has 2 N–H and O–H groups in total. The van der Waals surface area contributed by atoms with E-state index in [1.54, 1.807) is 19.3 Å². The Morgan fingerprint density at radius 2 is 2.00 bits per heavy atom. The normalized spacial score (nSPS) is 12.1. The molecular formula is C17H17N3O3. The molecule has 3 rings (SSSR count). The lowest BCUT2D eigenvalue weighted by atomic mass is 10.2. The molecule has 2 heterocycles. The minimum absolute atomic E-state index is 0.133. The first kappa shape index (κ1) is 14.9. The molecule has 0 saturated carbocycles. The second-order valence-corrected chi connectivity index (χ2v) is 5.37. The molecule has 0 bridgehead atoms. The van der Waals surface area contributed by atoms with Crippen molar-refractivity contribution in [2.75, 3.05) is 5.32 Å². The van der Waals surface area contributed by atoms with Gasteiger partial charge in [-0.15, -0.1) is 0 Å². The zero-order chi connectivity index (χ0) is 16.4. The van der Waals surface area contributed by atoms with E-state index in [1.165, 1.54) is 10.6 Å². The van der Waals surface area contributed by atoms with Crippen LogP contribution in [0.2, 0.25) is 0 Å². The molecule has 0 saturated heterocycles. The van der Waals surface area contributed by atoms with Crippen LogP contribution in [0.5, 0.6) is 0 Å². The lowest BCUT2D eigenvalue weighted by molar-refractivity contribution is 0.248. The number of anilines is 1. The average molecular weight is 311 g/mol. The largest absolute Gasteiger partial charge is 0.459 e. The molecule has 0 radical (unpaired) electrons. The molecule has 0 spiro atoms. The van der Waals surface area contributed by atoms with Crippen LogP contribution < -0.4 is 16.2 Å². The maximum absolute atomic E-state index is 12.1. The van der Waals surface area contributed by atoms with Gasteiger partial charge in [-0.05, 0) is 25.1 Å². The molecule has 23 heavy (non-hydrogen) atoms. The molecule has 3 aromatic rings.